The van der Waals surface area contributed by atoms with Crippen molar-refractivity contribution in [3.63, 3.8) is 0 Å². The maximum Gasteiger partial charge on any atom is 0.0953 e. The summed E-state index contributed by atoms with van der Waals surface area (Å²) in [6, 6.07) is 23.0. The SMILES string of the molecule is C=CCCC[SiH2]C(c1ccccc1)(c1ccccc1)n1ccnc1. The molecule has 1 aromatic heterocycles. The van der Waals surface area contributed by atoms with Crippen LogP contribution in [0.4, 0.5) is 0 Å². The molecule has 0 aliphatic heterocycles. The zero-order valence-electron chi connectivity index (χ0n) is 14.0. The number of allylic oxidation sites excluding steroid dienone is 1. The Morgan fingerprint density at radius 3 is 2.12 bits per heavy atom. The van der Waals surface area contributed by atoms with Crippen LogP contribution in [-0.2, 0) is 5.16 Å². The monoisotopic (exact) mass is 332 g/mol. The van der Waals surface area contributed by atoms with Gasteiger partial charge in [-0.05, 0) is 17.5 Å². The van der Waals surface area contributed by atoms with Crippen LogP contribution < -0.4 is 0 Å². The molecule has 2 nitrogen and oxygen atoms in total. The van der Waals surface area contributed by atoms with E-state index in [0.29, 0.717) is 0 Å². The molecule has 3 aromatic rings. The van der Waals surface area contributed by atoms with E-state index in [1.54, 1.807) is 0 Å². The van der Waals surface area contributed by atoms with Crippen molar-refractivity contribution < 1.29 is 0 Å². The number of hydrogen-bond donors (Lipinski definition) is 0. The molecule has 0 spiro atoms. The lowest BCUT2D eigenvalue weighted by Crippen LogP contribution is -2.41. The average molecular weight is 333 g/mol. The number of hydrogen-bond acceptors (Lipinski definition) is 1. The van der Waals surface area contributed by atoms with Gasteiger partial charge in [-0.15, -0.1) is 6.58 Å². The van der Waals surface area contributed by atoms with E-state index in [1.807, 2.05) is 18.6 Å². The molecule has 122 valence electrons. The highest BCUT2D eigenvalue weighted by Gasteiger charge is 2.35. The molecule has 3 heteroatoms. The van der Waals surface area contributed by atoms with Gasteiger partial charge in [-0.25, -0.2) is 4.98 Å². The Balaban J connectivity index is 2.11. The van der Waals surface area contributed by atoms with Gasteiger partial charge in [0.2, 0.25) is 0 Å². The molecule has 0 aliphatic carbocycles. The van der Waals surface area contributed by atoms with Crippen molar-refractivity contribution in [2.75, 3.05) is 0 Å². The van der Waals surface area contributed by atoms with Crippen LogP contribution in [0.2, 0.25) is 6.04 Å². The first-order chi connectivity index (χ1) is 11.9. The van der Waals surface area contributed by atoms with Crippen molar-refractivity contribution in [3.05, 3.63) is 103 Å². The van der Waals surface area contributed by atoms with E-state index in [9.17, 15) is 0 Å². The lowest BCUT2D eigenvalue weighted by Gasteiger charge is -2.37. The molecule has 0 aliphatic rings. The first kappa shape index (κ1) is 16.5. The summed E-state index contributed by atoms with van der Waals surface area (Å²) in [7, 11) is -0.492. The van der Waals surface area contributed by atoms with Gasteiger partial charge in [0.05, 0.1) is 21.0 Å². The largest absolute Gasteiger partial charge is 0.327 e. The lowest BCUT2D eigenvalue weighted by molar-refractivity contribution is 0.589. The molecule has 0 radical (unpaired) electrons. The fraction of sp³-hybridized carbons (Fsp3) is 0.190. The average Bonchev–Trinajstić information content (AvgIpc) is 3.19. The van der Waals surface area contributed by atoms with Crippen LogP contribution in [0.1, 0.15) is 24.0 Å². The van der Waals surface area contributed by atoms with Crippen molar-refractivity contribution in [2.24, 2.45) is 0 Å². The Bertz CT molecular complexity index is 697. The third-order valence-corrected chi connectivity index (χ3v) is 7.40. The number of benzene rings is 2. The Morgan fingerprint density at radius 2 is 1.62 bits per heavy atom. The minimum atomic E-state index is -0.492. The second kappa shape index (κ2) is 7.93. The zero-order chi connectivity index (χ0) is 16.7. The van der Waals surface area contributed by atoms with Gasteiger partial charge in [-0.3, -0.25) is 0 Å². The molecule has 0 amide bonds. The molecule has 0 bridgehead atoms. The highest BCUT2D eigenvalue weighted by Crippen LogP contribution is 2.34. The molecule has 2 aromatic carbocycles. The number of nitrogens with zero attached hydrogens (tertiary/aromatic N) is 2. The standard InChI is InChI=1S/C21H24N2Si/c1-2-3-10-17-24-21(23-16-15-22-18-23,19-11-6-4-7-12-19)20-13-8-5-9-14-20/h2,4-9,11-16,18H,1,3,10,17,24H2. The fourth-order valence-electron chi connectivity index (χ4n) is 3.46. The summed E-state index contributed by atoms with van der Waals surface area (Å²) in [6.07, 6.45) is 10.3. The van der Waals surface area contributed by atoms with Crippen molar-refractivity contribution in [3.8, 4) is 0 Å². The van der Waals surface area contributed by atoms with E-state index < -0.39 is 9.52 Å². The minimum absolute atomic E-state index is 0.0831. The quantitative estimate of drug-likeness (QED) is 0.344. The van der Waals surface area contributed by atoms with Gasteiger partial charge in [-0.2, -0.15) is 0 Å². The van der Waals surface area contributed by atoms with Gasteiger partial charge < -0.3 is 4.57 Å². The predicted octanol–water partition coefficient (Wildman–Crippen LogP) is 4.19. The summed E-state index contributed by atoms with van der Waals surface area (Å²) in [5.41, 5.74) is 2.72. The van der Waals surface area contributed by atoms with Gasteiger partial charge in [0.25, 0.3) is 0 Å². The molecule has 1 heterocycles. The molecular formula is C21H24N2Si. The molecule has 0 fully saturated rings. The zero-order valence-corrected chi connectivity index (χ0v) is 15.4. The Labute approximate surface area is 146 Å². The first-order valence-corrected chi connectivity index (χ1v) is 10.3. The Hall–Kier alpha value is -2.39. The van der Waals surface area contributed by atoms with Crippen LogP contribution in [0.3, 0.4) is 0 Å². The second-order valence-electron chi connectivity index (χ2n) is 6.10. The third kappa shape index (κ3) is 3.26. The molecule has 0 saturated carbocycles. The molecule has 0 saturated heterocycles. The fourth-order valence-corrected chi connectivity index (χ4v) is 6.01. The number of rotatable bonds is 8. The van der Waals surface area contributed by atoms with E-state index >= 15 is 0 Å². The minimum Gasteiger partial charge on any atom is -0.327 e. The van der Waals surface area contributed by atoms with Crippen LogP contribution in [0.25, 0.3) is 0 Å². The van der Waals surface area contributed by atoms with E-state index in [-0.39, 0.29) is 5.16 Å². The molecular weight excluding hydrogens is 308 g/mol. The van der Waals surface area contributed by atoms with Gasteiger partial charge >= 0.3 is 0 Å². The Morgan fingerprint density at radius 1 is 1.00 bits per heavy atom. The van der Waals surface area contributed by atoms with E-state index in [2.05, 4.69) is 83.0 Å². The van der Waals surface area contributed by atoms with Crippen LogP contribution >= 0.6 is 0 Å². The number of aromatic nitrogens is 2. The van der Waals surface area contributed by atoms with Crippen molar-refractivity contribution in [1.29, 1.82) is 0 Å². The predicted molar refractivity (Wildman–Crippen MR) is 104 cm³/mol. The smallest absolute Gasteiger partial charge is 0.0953 e. The van der Waals surface area contributed by atoms with E-state index in [1.165, 1.54) is 23.6 Å². The summed E-state index contributed by atoms with van der Waals surface area (Å²) in [5, 5.41) is -0.0831. The van der Waals surface area contributed by atoms with Crippen LogP contribution in [0.5, 0.6) is 0 Å². The summed E-state index contributed by atoms with van der Waals surface area (Å²) < 4.78 is 2.32. The normalized spacial score (nSPS) is 11.8. The Kier molecular flexibility index (Phi) is 5.44. The molecule has 24 heavy (non-hydrogen) atoms. The molecule has 0 unspecified atom stereocenters. The summed E-state index contributed by atoms with van der Waals surface area (Å²) in [6.45, 7) is 3.86. The summed E-state index contributed by atoms with van der Waals surface area (Å²) in [4.78, 5) is 4.35. The number of imidazole rings is 1. The highest BCUT2D eigenvalue weighted by molar-refractivity contribution is 6.41. The van der Waals surface area contributed by atoms with Crippen LogP contribution in [0, 0.1) is 0 Å². The van der Waals surface area contributed by atoms with E-state index in [0.717, 1.165) is 6.42 Å². The van der Waals surface area contributed by atoms with Gasteiger partial charge in [-0.1, -0.05) is 79.2 Å². The van der Waals surface area contributed by atoms with Gasteiger partial charge in [0.1, 0.15) is 0 Å². The number of unbranched alkanes of at least 4 members (excludes halogenated alkanes) is 1. The molecule has 0 N–H and O–H groups in total. The molecule has 0 atom stereocenters. The lowest BCUT2D eigenvalue weighted by atomic mass is 9.97. The summed E-state index contributed by atoms with van der Waals surface area (Å²) >= 11 is 0. The van der Waals surface area contributed by atoms with Crippen LogP contribution in [0.15, 0.2) is 92.0 Å². The van der Waals surface area contributed by atoms with E-state index in [4.69, 9.17) is 0 Å². The van der Waals surface area contributed by atoms with Gasteiger partial charge in [0.15, 0.2) is 0 Å². The summed E-state index contributed by atoms with van der Waals surface area (Å²) in [5.74, 6) is 0. The first-order valence-electron chi connectivity index (χ1n) is 8.58. The van der Waals surface area contributed by atoms with Gasteiger partial charge in [0, 0.05) is 12.4 Å². The second-order valence-corrected chi connectivity index (χ2v) is 8.33. The van der Waals surface area contributed by atoms with Crippen LogP contribution in [-0.4, -0.2) is 19.1 Å². The third-order valence-electron chi connectivity index (χ3n) is 4.64. The van der Waals surface area contributed by atoms with Crippen molar-refractivity contribution in [1.82, 2.24) is 9.55 Å². The van der Waals surface area contributed by atoms with Crippen molar-refractivity contribution >= 4 is 9.52 Å². The topological polar surface area (TPSA) is 17.8 Å². The molecule has 3 rings (SSSR count). The van der Waals surface area contributed by atoms with Crippen molar-refractivity contribution in [2.45, 2.75) is 24.0 Å². The maximum absolute atomic E-state index is 4.35. The maximum atomic E-state index is 4.35. The highest BCUT2D eigenvalue weighted by atomic mass is 28.2.